The number of phenols is 1. The van der Waals surface area contributed by atoms with Gasteiger partial charge in [0.05, 0.1) is 17.3 Å². The number of carbonyl (C=O) groups excluding carboxylic acids is 2. The number of rotatable bonds is 3. The Morgan fingerprint density at radius 1 is 1.21 bits per heavy atom. The minimum Gasteiger partial charge on any atom is -0.503 e. The zero-order chi connectivity index (χ0) is 20.6. The fraction of sp³-hybridized carbons (Fsp3) is 0.105. The number of anilines is 1. The molecule has 1 aliphatic rings. The summed E-state index contributed by atoms with van der Waals surface area (Å²) < 4.78 is 6.35. The number of hydrogen-bond acceptors (Lipinski definition) is 5. The molecule has 0 spiro atoms. The molecule has 0 aromatic heterocycles. The molecular weight excluding hydrogens is 512 g/mol. The van der Waals surface area contributed by atoms with E-state index in [0.29, 0.717) is 15.7 Å². The zero-order valence-electron chi connectivity index (χ0n) is 14.7. The van der Waals surface area contributed by atoms with Gasteiger partial charge in [0.1, 0.15) is 5.57 Å². The number of methoxy groups -OCH3 is 1. The highest BCUT2D eigenvalue weighted by Crippen LogP contribution is 2.36. The Morgan fingerprint density at radius 2 is 1.93 bits per heavy atom. The van der Waals surface area contributed by atoms with Crippen LogP contribution in [0.3, 0.4) is 0 Å². The van der Waals surface area contributed by atoms with Crippen LogP contribution >= 0.6 is 44.1 Å². The van der Waals surface area contributed by atoms with E-state index in [0.717, 1.165) is 10.0 Å². The van der Waals surface area contributed by atoms with Crippen molar-refractivity contribution in [3.8, 4) is 11.5 Å². The number of nitrogens with one attached hydrogen (secondary N) is 1. The fourth-order valence-corrected chi connectivity index (χ4v) is 3.95. The average Bonchev–Trinajstić information content (AvgIpc) is 2.63. The Labute approximate surface area is 183 Å². The summed E-state index contributed by atoms with van der Waals surface area (Å²) in [5.41, 5.74) is 1.80. The first-order valence-corrected chi connectivity index (χ1v) is 9.96. The lowest BCUT2D eigenvalue weighted by Gasteiger charge is -2.30. The smallest absolute Gasteiger partial charge is 0.270 e. The van der Waals surface area contributed by atoms with Crippen LogP contribution in [0.4, 0.5) is 5.69 Å². The number of hydrogen-bond donors (Lipinski definition) is 2. The average molecular weight is 526 g/mol. The Kier molecular flexibility index (Phi) is 5.87. The first kappa shape index (κ1) is 20.5. The van der Waals surface area contributed by atoms with Gasteiger partial charge in [0.25, 0.3) is 11.8 Å². The second-order valence-corrected chi connectivity index (χ2v) is 8.10. The highest BCUT2D eigenvalue weighted by atomic mass is 79.9. The van der Waals surface area contributed by atoms with Gasteiger partial charge in [-0.3, -0.25) is 19.8 Å². The van der Waals surface area contributed by atoms with Crippen molar-refractivity contribution >= 4 is 72.8 Å². The summed E-state index contributed by atoms with van der Waals surface area (Å²) in [4.78, 5) is 26.8. The van der Waals surface area contributed by atoms with Crippen LogP contribution in [-0.4, -0.2) is 29.1 Å². The highest BCUT2D eigenvalue weighted by Gasteiger charge is 2.35. The standard InChI is InChI=1S/C19H14Br2N2O4S/c1-9-5-11(20)3-4-14(9)23-18(26)12(17(25)22-19(23)28)6-10-7-13(21)16(24)15(8-10)27-2/h3-8,24H,1-2H3,(H,22,25,28)/b12-6+. The number of aryl methyl sites for hydroxylation is 1. The number of ether oxygens (including phenoxy) is 1. The maximum Gasteiger partial charge on any atom is 0.270 e. The third kappa shape index (κ3) is 3.82. The molecule has 2 N–H and O–H groups in total. The normalized spacial score (nSPS) is 15.8. The van der Waals surface area contributed by atoms with Crippen molar-refractivity contribution in [3.63, 3.8) is 0 Å². The van der Waals surface area contributed by atoms with Crippen LogP contribution in [0.15, 0.2) is 44.9 Å². The van der Waals surface area contributed by atoms with E-state index in [4.69, 9.17) is 17.0 Å². The van der Waals surface area contributed by atoms with Crippen LogP contribution in [0.2, 0.25) is 0 Å². The van der Waals surface area contributed by atoms with Gasteiger partial charge in [0.15, 0.2) is 16.6 Å². The van der Waals surface area contributed by atoms with Gasteiger partial charge in [-0.15, -0.1) is 0 Å². The quantitative estimate of drug-likeness (QED) is 0.359. The number of nitrogens with zero attached hydrogens (tertiary/aromatic N) is 1. The molecule has 1 aliphatic heterocycles. The molecule has 9 heteroatoms. The van der Waals surface area contributed by atoms with Crippen LogP contribution in [0.1, 0.15) is 11.1 Å². The van der Waals surface area contributed by atoms with Crippen LogP contribution in [-0.2, 0) is 9.59 Å². The van der Waals surface area contributed by atoms with E-state index in [1.54, 1.807) is 18.2 Å². The van der Waals surface area contributed by atoms with Gasteiger partial charge in [-0.1, -0.05) is 15.9 Å². The molecule has 0 bridgehead atoms. The van der Waals surface area contributed by atoms with E-state index in [-0.39, 0.29) is 22.2 Å². The Balaban J connectivity index is 2.08. The SMILES string of the molecule is COc1cc(/C=C2\C(=O)NC(=S)N(c3ccc(Br)cc3C)C2=O)cc(Br)c1O. The van der Waals surface area contributed by atoms with E-state index in [9.17, 15) is 14.7 Å². The van der Waals surface area contributed by atoms with Gasteiger partial charge < -0.3 is 9.84 Å². The topological polar surface area (TPSA) is 78.9 Å². The molecular formula is C19H14Br2N2O4S. The maximum absolute atomic E-state index is 13.1. The summed E-state index contributed by atoms with van der Waals surface area (Å²) in [5.74, 6) is -0.995. The minimum absolute atomic E-state index is 0.0158. The van der Waals surface area contributed by atoms with Gasteiger partial charge in [-0.2, -0.15) is 0 Å². The third-order valence-corrected chi connectivity index (χ3v) is 5.47. The van der Waals surface area contributed by atoms with Crippen molar-refractivity contribution in [1.82, 2.24) is 5.32 Å². The molecule has 0 aliphatic carbocycles. The molecule has 3 rings (SSSR count). The number of carbonyl (C=O) groups is 2. The largest absolute Gasteiger partial charge is 0.503 e. The van der Waals surface area contributed by atoms with Crippen LogP contribution in [0.5, 0.6) is 11.5 Å². The van der Waals surface area contributed by atoms with Crippen molar-refractivity contribution in [2.45, 2.75) is 6.92 Å². The van der Waals surface area contributed by atoms with Gasteiger partial charge in [0.2, 0.25) is 0 Å². The molecule has 1 saturated heterocycles. The molecule has 0 atom stereocenters. The number of halogens is 2. The first-order valence-electron chi connectivity index (χ1n) is 7.97. The van der Waals surface area contributed by atoms with Crippen LogP contribution < -0.4 is 15.0 Å². The molecule has 1 fully saturated rings. The van der Waals surface area contributed by atoms with E-state index < -0.39 is 11.8 Å². The highest BCUT2D eigenvalue weighted by molar-refractivity contribution is 9.10. The molecule has 6 nitrogen and oxygen atoms in total. The number of amides is 2. The zero-order valence-corrected chi connectivity index (χ0v) is 18.7. The number of aromatic hydroxyl groups is 1. The summed E-state index contributed by atoms with van der Waals surface area (Å²) in [5, 5.41) is 12.5. The number of benzene rings is 2. The summed E-state index contributed by atoms with van der Waals surface area (Å²) in [6.45, 7) is 1.84. The van der Waals surface area contributed by atoms with Gasteiger partial charge in [-0.05, 0) is 82.6 Å². The minimum atomic E-state index is -0.593. The summed E-state index contributed by atoms with van der Waals surface area (Å²) >= 11 is 11.8. The van der Waals surface area contributed by atoms with Crippen molar-refractivity contribution in [3.05, 3.63) is 56.0 Å². The molecule has 144 valence electrons. The third-order valence-electron chi connectivity index (χ3n) is 4.08. The Morgan fingerprint density at radius 3 is 2.57 bits per heavy atom. The lowest BCUT2D eigenvalue weighted by atomic mass is 10.1. The number of thiocarbonyl (C=S) groups is 1. The summed E-state index contributed by atoms with van der Waals surface area (Å²) in [6, 6.07) is 8.50. The summed E-state index contributed by atoms with van der Waals surface area (Å²) in [7, 11) is 1.41. The van der Waals surface area contributed by atoms with E-state index in [1.807, 2.05) is 13.0 Å². The number of phenolic OH excluding ortho intramolecular Hbond substituents is 1. The molecule has 1 heterocycles. The Hall–Kier alpha value is -2.23. The van der Waals surface area contributed by atoms with Crippen molar-refractivity contribution in [2.24, 2.45) is 0 Å². The second-order valence-electron chi connectivity index (χ2n) is 5.94. The molecule has 28 heavy (non-hydrogen) atoms. The molecule has 2 aromatic rings. The van der Waals surface area contributed by atoms with Gasteiger partial charge >= 0.3 is 0 Å². The predicted molar refractivity (Wildman–Crippen MR) is 117 cm³/mol. The lowest BCUT2D eigenvalue weighted by Crippen LogP contribution is -2.54. The fourth-order valence-electron chi connectivity index (χ4n) is 2.75. The predicted octanol–water partition coefficient (Wildman–Crippen LogP) is 4.07. The molecule has 0 radical (unpaired) electrons. The van der Waals surface area contributed by atoms with Crippen molar-refractivity contribution < 1.29 is 19.4 Å². The molecule has 0 unspecified atom stereocenters. The van der Waals surface area contributed by atoms with E-state index in [2.05, 4.69) is 37.2 Å². The van der Waals surface area contributed by atoms with Crippen LogP contribution in [0.25, 0.3) is 6.08 Å². The van der Waals surface area contributed by atoms with Crippen molar-refractivity contribution in [2.75, 3.05) is 12.0 Å². The lowest BCUT2D eigenvalue weighted by molar-refractivity contribution is -0.122. The Bertz CT molecular complexity index is 1050. The van der Waals surface area contributed by atoms with Crippen molar-refractivity contribution in [1.29, 1.82) is 0 Å². The first-order chi connectivity index (χ1) is 13.2. The summed E-state index contributed by atoms with van der Waals surface area (Å²) in [6.07, 6.45) is 1.42. The van der Waals surface area contributed by atoms with E-state index >= 15 is 0 Å². The molecule has 2 aromatic carbocycles. The van der Waals surface area contributed by atoms with E-state index in [1.165, 1.54) is 24.2 Å². The monoisotopic (exact) mass is 524 g/mol. The molecule has 2 amide bonds. The van der Waals surface area contributed by atoms with Crippen LogP contribution in [0, 0.1) is 6.92 Å². The molecule has 0 saturated carbocycles. The van der Waals surface area contributed by atoms with Gasteiger partial charge in [-0.25, -0.2) is 0 Å². The second kappa shape index (κ2) is 8.02. The van der Waals surface area contributed by atoms with Gasteiger partial charge in [0, 0.05) is 4.47 Å². The maximum atomic E-state index is 13.1.